The smallest absolute Gasteiger partial charge is 0.0471 e. The van der Waals surface area contributed by atoms with E-state index in [-0.39, 0.29) is 6.61 Å². The van der Waals surface area contributed by atoms with Crippen molar-refractivity contribution in [2.24, 2.45) is 0 Å². The second-order valence-corrected chi connectivity index (χ2v) is 3.43. The number of aromatic nitrogens is 1. The monoisotopic (exact) mass is 188 g/mol. The van der Waals surface area contributed by atoms with Crippen LogP contribution < -0.4 is 0 Å². The van der Waals surface area contributed by atoms with Gasteiger partial charge in [-0.15, -0.1) is 0 Å². The summed E-state index contributed by atoms with van der Waals surface area (Å²) in [5.41, 5.74) is 3.52. The fraction of sp³-hybridized carbons (Fsp3) is 0.333. The minimum atomic E-state index is 0.194. The lowest BCUT2D eigenvalue weighted by molar-refractivity contribution is 0.300. The lowest BCUT2D eigenvalue weighted by atomic mass is 10.1. The van der Waals surface area contributed by atoms with Crippen molar-refractivity contribution in [3.63, 3.8) is 0 Å². The predicted octanol–water partition coefficient (Wildman–Crippen LogP) is 2.07. The minimum Gasteiger partial charge on any atom is -0.396 e. The Morgan fingerprint density at radius 3 is 3.00 bits per heavy atom. The largest absolute Gasteiger partial charge is 0.396 e. The summed E-state index contributed by atoms with van der Waals surface area (Å²) in [5.74, 6) is 0. The lowest BCUT2D eigenvalue weighted by Crippen LogP contribution is -1.90. The van der Waals surface area contributed by atoms with Crippen molar-refractivity contribution in [1.82, 2.24) is 4.98 Å². The standard InChI is InChI=1S/C12H14NO/c1-2-10-8-11-9(6-7-14)4-3-5-12(11)13-10/h4-5,8,13-14H,2,6-7H2,1H3. The van der Waals surface area contributed by atoms with Gasteiger partial charge in [-0.05, 0) is 36.6 Å². The third kappa shape index (κ3) is 1.53. The van der Waals surface area contributed by atoms with Crippen LogP contribution in [0.3, 0.4) is 0 Å². The summed E-state index contributed by atoms with van der Waals surface area (Å²) < 4.78 is 0. The molecular weight excluding hydrogens is 174 g/mol. The van der Waals surface area contributed by atoms with Crippen LogP contribution in [0.25, 0.3) is 10.9 Å². The van der Waals surface area contributed by atoms with Crippen LogP contribution in [0.4, 0.5) is 0 Å². The number of H-pyrrole nitrogens is 1. The first kappa shape index (κ1) is 9.28. The molecule has 0 aliphatic carbocycles. The fourth-order valence-corrected chi connectivity index (χ4v) is 1.73. The average Bonchev–Trinajstić information content (AvgIpc) is 2.62. The molecule has 0 aliphatic heterocycles. The summed E-state index contributed by atoms with van der Waals surface area (Å²) in [6, 6.07) is 9.15. The number of hydrogen-bond acceptors (Lipinski definition) is 1. The highest BCUT2D eigenvalue weighted by Crippen LogP contribution is 2.20. The number of hydrogen-bond donors (Lipinski definition) is 2. The van der Waals surface area contributed by atoms with Crippen LogP contribution in [0.5, 0.6) is 0 Å². The van der Waals surface area contributed by atoms with E-state index in [0.29, 0.717) is 6.42 Å². The molecular formula is C12H14NO. The summed E-state index contributed by atoms with van der Waals surface area (Å²) in [6.07, 6.45) is 1.71. The zero-order chi connectivity index (χ0) is 9.97. The molecule has 1 heterocycles. The van der Waals surface area contributed by atoms with Crippen LogP contribution in [-0.2, 0) is 12.8 Å². The number of fused-ring (bicyclic) bond motifs is 1. The Balaban J connectivity index is 2.55. The molecule has 0 saturated heterocycles. The number of aliphatic hydroxyl groups excluding tert-OH is 1. The Morgan fingerprint density at radius 2 is 2.29 bits per heavy atom. The number of aliphatic hydroxyl groups is 1. The van der Waals surface area contributed by atoms with Crippen molar-refractivity contribution in [3.8, 4) is 0 Å². The van der Waals surface area contributed by atoms with Crippen molar-refractivity contribution in [2.45, 2.75) is 19.8 Å². The number of nitrogens with one attached hydrogen (secondary N) is 1. The van der Waals surface area contributed by atoms with Gasteiger partial charge in [-0.2, -0.15) is 0 Å². The van der Waals surface area contributed by atoms with Crippen LogP contribution in [0, 0.1) is 6.07 Å². The molecule has 73 valence electrons. The summed E-state index contributed by atoms with van der Waals surface area (Å²) in [7, 11) is 0. The zero-order valence-corrected chi connectivity index (χ0v) is 8.30. The number of aryl methyl sites for hydroxylation is 1. The quantitative estimate of drug-likeness (QED) is 0.760. The van der Waals surface area contributed by atoms with Gasteiger partial charge < -0.3 is 10.1 Å². The maximum atomic E-state index is 8.92. The van der Waals surface area contributed by atoms with E-state index in [1.807, 2.05) is 12.1 Å². The van der Waals surface area contributed by atoms with Crippen LogP contribution in [0.2, 0.25) is 0 Å². The fourth-order valence-electron chi connectivity index (χ4n) is 1.73. The van der Waals surface area contributed by atoms with Gasteiger partial charge >= 0.3 is 0 Å². The molecule has 1 radical (unpaired) electrons. The van der Waals surface area contributed by atoms with E-state index < -0.39 is 0 Å². The Labute approximate surface area is 83.6 Å². The summed E-state index contributed by atoms with van der Waals surface area (Å²) >= 11 is 0. The Morgan fingerprint density at radius 1 is 1.43 bits per heavy atom. The molecule has 0 aliphatic rings. The first-order valence-electron chi connectivity index (χ1n) is 4.96. The molecule has 0 fully saturated rings. The van der Waals surface area contributed by atoms with Crippen molar-refractivity contribution in [2.75, 3.05) is 6.61 Å². The maximum absolute atomic E-state index is 8.92. The van der Waals surface area contributed by atoms with Gasteiger partial charge in [-0.1, -0.05) is 13.0 Å². The Bertz CT molecular complexity index is 431. The second kappa shape index (κ2) is 3.84. The maximum Gasteiger partial charge on any atom is 0.0471 e. The molecule has 1 aromatic heterocycles. The summed E-state index contributed by atoms with van der Waals surface area (Å²) in [4.78, 5) is 3.33. The zero-order valence-electron chi connectivity index (χ0n) is 8.30. The van der Waals surface area contributed by atoms with E-state index in [1.54, 1.807) is 0 Å². The van der Waals surface area contributed by atoms with Crippen molar-refractivity contribution >= 4 is 10.9 Å². The first-order valence-corrected chi connectivity index (χ1v) is 4.96. The number of benzene rings is 1. The highest BCUT2D eigenvalue weighted by Gasteiger charge is 2.03. The summed E-state index contributed by atoms with van der Waals surface area (Å²) in [6.45, 7) is 2.32. The Kier molecular flexibility index (Phi) is 2.55. The second-order valence-electron chi connectivity index (χ2n) is 3.43. The average molecular weight is 188 g/mol. The molecule has 14 heavy (non-hydrogen) atoms. The van der Waals surface area contributed by atoms with Crippen LogP contribution in [0.1, 0.15) is 18.2 Å². The van der Waals surface area contributed by atoms with Crippen LogP contribution in [0.15, 0.2) is 18.2 Å². The van der Waals surface area contributed by atoms with Crippen LogP contribution in [-0.4, -0.2) is 16.7 Å². The molecule has 2 aromatic rings. The van der Waals surface area contributed by atoms with Gasteiger partial charge in [-0.25, -0.2) is 0 Å². The van der Waals surface area contributed by atoms with E-state index in [0.717, 1.165) is 11.9 Å². The SMILES string of the molecule is CCc1cc2c(CCO)c[c]cc2[nH]1. The molecule has 0 unspecified atom stereocenters. The first-order chi connectivity index (χ1) is 6.85. The molecule has 2 rings (SSSR count). The van der Waals surface area contributed by atoms with Gasteiger partial charge in [0.2, 0.25) is 0 Å². The number of rotatable bonds is 3. The van der Waals surface area contributed by atoms with E-state index >= 15 is 0 Å². The molecule has 0 amide bonds. The van der Waals surface area contributed by atoms with Crippen molar-refractivity contribution < 1.29 is 5.11 Å². The third-order valence-electron chi connectivity index (χ3n) is 2.50. The summed E-state index contributed by atoms with van der Waals surface area (Å²) in [5, 5.41) is 10.1. The van der Waals surface area contributed by atoms with Gasteiger partial charge in [0, 0.05) is 23.2 Å². The Hall–Kier alpha value is -1.28. The van der Waals surface area contributed by atoms with Crippen LogP contribution >= 0.6 is 0 Å². The highest BCUT2D eigenvalue weighted by molar-refractivity contribution is 5.83. The van der Waals surface area contributed by atoms with E-state index in [1.165, 1.54) is 16.6 Å². The van der Waals surface area contributed by atoms with Crippen molar-refractivity contribution in [3.05, 3.63) is 35.5 Å². The molecule has 2 nitrogen and oxygen atoms in total. The highest BCUT2D eigenvalue weighted by atomic mass is 16.2. The lowest BCUT2D eigenvalue weighted by Gasteiger charge is -1.98. The van der Waals surface area contributed by atoms with E-state index in [4.69, 9.17) is 5.11 Å². The van der Waals surface area contributed by atoms with Gasteiger partial charge in [-0.3, -0.25) is 0 Å². The molecule has 1 aromatic carbocycles. The van der Waals surface area contributed by atoms with E-state index in [9.17, 15) is 0 Å². The normalized spacial score (nSPS) is 11.0. The predicted molar refractivity (Wildman–Crippen MR) is 57.3 cm³/mol. The van der Waals surface area contributed by atoms with Gasteiger partial charge in [0.05, 0.1) is 0 Å². The minimum absolute atomic E-state index is 0.194. The number of aromatic amines is 1. The molecule has 0 saturated carbocycles. The van der Waals surface area contributed by atoms with Gasteiger partial charge in [0.1, 0.15) is 0 Å². The van der Waals surface area contributed by atoms with E-state index in [2.05, 4.69) is 24.0 Å². The van der Waals surface area contributed by atoms with Crippen molar-refractivity contribution in [1.29, 1.82) is 0 Å². The van der Waals surface area contributed by atoms with Gasteiger partial charge in [0.15, 0.2) is 0 Å². The topological polar surface area (TPSA) is 36.0 Å². The molecule has 0 atom stereocenters. The molecule has 0 bridgehead atoms. The third-order valence-corrected chi connectivity index (χ3v) is 2.50. The molecule has 0 spiro atoms. The van der Waals surface area contributed by atoms with Gasteiger partial charge in [0.25, 0.3) is 0 Å². The molecule has 2 heteroatoms. The molecule has 2 N–H and O–H groups in total.